The third-order valence-corrected chi connectivity index (χ3v) is 4.44. The van der Waals surface area contributed by atoms with Crippen LogP contribution in [0, 0.1) is 23.2 Å². The highest BCUT2D eigenvalue weighted by Gasteiger charge is 2.54. The van der Waals surface area contributed by atoms with Crippen molar-refractivity contribution in [2.45, 2.75) is 39.5 Å². The van der Waals surface area contributed by atoms with Crippen molar-refractivity contribution in [1.29, 1.82) is 0 Å². The van der Waals surface area contributed by atoms with E-state index in [0.717, 1.165) is 29.7 Å². The molecule has 0 amide bonds. The van der Waals surface area contributed by atoms with E-state index >= 15 is 0 Å². The summed E-state index contributed by atoms with van der Waals surface area (Å²) in [7, 11) is 0. The molecule has 0 aromatic rings. The molecule has 2 N–H and O–H groups in total. The van der Waals surface area contributed by atoms with Crippen LogP contribution in [0.15, 0.2) is 0 Å². The lowest BCUT2D eigenvalue weighted by atomic mass is 9.73. The average Bonchev–Trinajstić information content (AvgIpc) is 2.73. The maximum absolute atomic E-state index is 5.72. The maximum Gasteiger partial charge on any atom is -0.00433 e. The highest BCUT2D eigenvalue weighted by molar-refractivity contribution is 5.05. The normalized spacial score (nSPS) is 52.8. The van der Waals surface area contributed by atoms with Crippen LogP contribution in [-0.2, 0) is 0 Å². The summed E-state index contributed by atoms with van der Waals surface area (Å²) in [5, 5.41) is 0. The van der Waals surface area contributed by atoms with Crippen LogP contribution in [0.1, 0.15) is 39.5 Å². The predicted molar refractivity (Wildman–Crippen MR) is 51.8 cm³/mol. The summed E-state index contributed by atoms with van der Waals surface area (Å²) >= 11 is 0. The van der Waals surface area contributed by atoms with Gasteiger partial charge in [-0.25, -0.2) is 0 Å². The molecule has 2 aliphatic rings. The van der Waals surface area contributed by atoms with E-state index in [1.165, 1.54) is 25.7 Å². The molecule has 12 heavy (non-hydrogen) atoms. The Morgan fingerprint density at radius 2 is 2.00 bits per heavy atom. The Morgan fingerprint density at radius 3 is 2.50 bits per heavy atom. The van der Waals surface area contributed by atoms with Gasteiger partial charge in [-0.1, -0.05) is 13.8 Å². The Bertz CT molecular complexity index is 178. The highest BCUT2D eigenvalue weighted by Crippen LogP contribution is 2.62. The maximum atomic E-state index is 5.72. The van der Waals surface area contributed by atoms with Crippen LogP contribution in [0.4, 0.5) is 0 Å². The molecule has 0 aromatic heterocycles. The van der Waals surface area contributed by atoms with Gasteiger partial charge in [0, 0.05) is 0 Å². The second-order valence-electron chi connectivity index (χ2n) is 5.20. The Morgan fingerprint density at radius 1 is 1.25 bits per heavy atom. The zero-order valence-electron chi connectivity index (χ0n) is 8.34. The molecule has 2 saturated carbocycles. The molecule has 0 bridgehead atoms. The largest absolute Gasteiger partial charge is 0.330 e. The lowest BCUT2D eigenvalue weighted by Crippen LogP contribution is -2.24. The molecule has 70 valence electrons. The van der Waals surface area contributed by atoms with Gasteiger partial charge in [0.25, 0.3) is 0 Å². The molecule has 1 spiro atoms. The van der Waals surface area contributed by atoms with Gasteiger partial charge in [-0.05, 0) is 55.4 Å². The second-order valence-corrected chi connectivity index (χ2v) is 5.20. The molecule has 4 atom stereocenters. The van der Waals surface area contributed by atoms with Crippen LogP contribution in [0.5, 0.6) is 0 Å². The molecule has 0 radical (unpaired) electrons. The number of hydrogen-bond donors (Lipinski definition) is 1. The highest BCUT2D eigenvalue weighted by atomic mass is 14.7. The van der Waals surface area contributed by atoms with Crippen molar-refractivity contribution in [3.05, 3.63) is 0 Å². The molecular weight excluding hydrogens is 146 g/mol. The Balaban J connectivity index is 1.96. The van der Waals surface area contributed by atoms with Crippen molar-refractivity contribution in [2.24, 2.45) is 28.9 Å². The van der Waals surface area contributed by atoms with Crippen LogP contribution < -0.4 is 5.73 Å². The minimum absolute atomic E-state index is 0.723. The van der Waals surface area contributed by atoms with E-state index in [2.05, 4.69) is 13.8 Å². The number of nitrogens with two attached hydrogens (primary N) is 1. The molecule has 2 rings (SSSR count). The molecule has 0 heterocycles. The fraction of sp³-hybridized carbons (Fsp3) is 1.00. The third-order valence-electron chi connectivity index (χ3n) is 4.44. The van der Waals surface area contributed by atoms with E-state index in [0.29, 0.717) is 0 Å². The van der Waals surface area contributed by atoms with E-state index < -0.39 is 0 Å². The smallest absolute Gasteiger partial charge is 0.00433 e. The van der Waals surface area contributed by atoms with Gasteiger partial charge in [-0.3, -0.25) is 0 Å². The Kier molecular flexibility index (Phi) is 1.95. The van der Waals surface area contributed by atoms with Gasteiger partial charge in [0.1, 0.15) is 0 Å². The van der Waals surface area contributed by atoms with Crippen molar-refractivity contribution in [2.75, 3.05) is 6.54 Å². The Labute approximate surface area is 75.7 Å². The van der Waals surface area contributed by atoms with Crippen molar-refractivity contribution >= 4 is 0 Å². The molecule has 1 nitrogen and oxygen atoms in total. The molecule has 2 fully saturated rings. The predicted octanol–water partition coefficient (Wildman–Crippen LogP) is 2.41. The van der Waals surface area contributed by atoms with Gasteiger partial charge < -0.3 is 5.73 Å². The average molecular weight is 167 g/mol. The number of rotatable bonds is 1. The van der Waals surface area contributed by atoms with Crippen LogP contribution >= 0.6 is 0 Å². The monoisotopic (exact) mass is 167 g/mol. The Hall–Kier alpha value is -0.0400. The quantitative estimate of drug-likeness (QED) is 0.637. The van der Waals surface area contributed by atoms with Gasteiger partial charge in [-0.15, -0.1) is 0 Å². The fourth-order valence-electron chi connectivity index (χ4n) is 3.07. The molecule has 1 heteroatoms. The summed E-state index contributed by atoms with van der Waals surface area (Å²) < 4.78 is 0. The molecule has 2 aliphatic carbocycles. The minimum Gasteiger partial charge on any atom is -0.330 e. The summed E-state index contributed by atoms with van der Waals surface area (Å²) in [6.45, 7) is 5.75. The van der Waals surface area contributed by atoms with E-state index in [4.69, 9.17) is 5.73 Å². The van der Waals surface area contributed by atoms with Crippen molar-refractivity contribution in [3.8, 4) is 0 Å². The lowest BCUT2D eigenvalue weighted by molar-refractivity contribution is 0.179. The van der Waals surface area contributed by atoms with E-state index in [-0.39, 0.29) is 0 Å². The first-order valence-corrected chi connectivity index (χ1v) is 5.38. The topological polar surface area (TPSA) is 26.0 Å². The lowest BCUT2D eigenvalue weighted by Gasteiger charge is -2.33. The van der Waals surface area contributed by atoms with Crippen molar-refractivity contribution < 1.29 is 0 Å². The standard InChI is InChI=1S/C11H21N/c1-8-3-4-11(5-9(8)2)6-10(11)7-12/h8-10H,3-7,12H2,1-2H3. The first-order chi connectivity index (χ1) is 5.68. The van der Waals surface area contributed by atoms with E-state index in [1.807, 2.05) is 0 Å². The SMILES string of the molecule is CC1CCC2(CC1C)CC2CN. The van der Waals surface area contributed by atoms with Crippen molar-refractivity contribution in [1.82, 2.24) is 0 Å². The van der Waals surface area contributed by atoms with Crippen LogP contribution in [0.25, 0.3) is 0 Å². The summed E-state index contributed by atoms with van der Waals surface area (Å²) in [5.41, 5.74) is 6.44. The summed E-state index contributed by atoms with van der Waals surface area (Å²) in [6.07, 6.45) is 5.79. The summed E-state index contributed by atoms with van der Waals surface area (Å²) in [6, 6.07) is 0. The number of hydrogen-bond acceptors (Lipinski definition) is 1. The van der Waals surface area contributed by atoms with E-state index in [9.17, 15) is 0 Å². The van der Waals surface area contributed by atoms with Crippen LogP contribution in [0.3, 0.4) is 0 Å². The summed E-state index contributed by atoms with van der Waals surface area (Å²) in [4.78, 5) is 0. The van der Waals surface area contributed by atoms with Crippen molar-refractivity contribution in [3.63, 3.8) is 0 Å². The third kappa shape index (κ3) is 1.19. The molecular formula is C11H21N. The molecule has 0 aromatic carbocycles. The first-order valence-electron chi connectivity index (χ1n) is 5.38. The molecule has 4 unspecified atom stereocenters. The van der Waals surface area contributed by atoms with Crippen LogP contribution in [-0.4, -0.2) is 6.54 Å². The fourth-order valence-corrected chi connectivity index (χ4v) is 3.07. The van der Waals surface area contributed by atoms with E-state index in [1.54, 1.807) is 0 Å². The van der Waals surface area contributed by atoms with Gasteiger partial charge in [0.05, 0.1) is 0 Å². The first kappa shape index (κ1) is 8.55. The summed E-state index contributed by atoms with van der Waals surface area (Å²) in [5.74, 6) is 2.78. The second kappa shape index (κ2) is 2.73. The van der Waals surface area contributed by atoms with Gasteiger partial charge in [0.15, 0.2) is 0 Å². The zero-order valence-corrected chi connectivity index (χ0v) is 8.34. The van der Waals surface area contributed by atoms with Gasteiger partial charge in [-0.2, -0.15) is 0 Å². The minimum atomic E-state index is 0.723. The molecule has 0 saturated heterocycles. The molecule has 0 aliphatic heterocycles. The van der Waals surface area contributed by atoms with Gasteiger partial charge in [0.2, 0.25) is 0 Å². The van der Waals surface area contributed by atoms with Crippen LogP contribution in [0.2, 0.25) is 0 Å². The van der Waals surface area contributed by atoms with Gasteiger partial charge >= 0.3 is 0 Å². The zero-order chi connectivity index (χ0) is 8.77.